The molecular formula is C15H15F2NOS. The molecule has 2 aromatic rings. The molecule has 0 aliphatic rings. The van der Waals surface area contributed by atoms with Gasteiger partial charge < -0.3 is 5.32 Å². The van der Waals surface area contributed by atoms with E-state index < -0.39 is 22.4 Å². The fourth-order valence-electron chi connectivity index (χ4n) is 1.93. The molecule has 0 saturated heterocycles. The molecule has 20 heavy (non-hydrogen) atoms. The molecule has 0 amide bonds. The molecule has 2 rings (SSSR count). The third kappa shape index (κ3) is 3.49. The van der Waals surface area contributed by atoms with Crippen LogP contribution in [0.2, 0.25) is 0 Å². The van der Waals surface area contributed by atoms with E-state index >= 15 is 0 Å². The van der Waals surface area contributed by atoms with Crippen molar-refractivity contribution in [1.82, 2.24) is 5.32 Å². The summed E-state index contributed by atoms with van der Waals surface area (Å²) < 4.78 is 38.7. The van der Waals surface area contributed by atoms with E-state index in [1.165, 1.54) is 6.07 Å². The Labute approximate surface area is 119 Å². The Morgan fingerprint density at radius 3 is 2.45 bits per heavy atom. The summed E-state index contributed by atoms with van der Waals surface area (Å²) in [4.78, 5) is 0.0302. The Bertz CT molecular complexity index is 604. The van der Waals surface area contributed by atoms with E-state index in [1.54, 1.807) is 7.05 Å². The van der Waals surface area contributed by atoms with Crippen LogP contribution in [0, 0.1) is 11.6 Å². The van der Waals surface area contributed by atoms with Gasteiger partial charge in [-0.15, -0.1) is 0 Å². The van der Waals surface area contributed by atoms with Crippen LogP contribution in [0.1, 0.15) is 11.6 Å². The molecule has 2 aromatic carbocycles. The molecule has 2 unspecified atom stereocenters. The quantitative estimate of drug-likeness (QED) is 0.918. The highest BCUT2D eigenvalue weighted by Gasteiger charge is 2.17. The van der Waals surface area contributed by atoms with Gasteiger partial charge >= 0.3 is 0 Å². The molecule has 106 valence electrons. The summed E-state index contributed by atoms with van der Waals surface area (Å²) in [6.45, 7) is 0. The minimum absolute atomic E-state index is 0.0302. The summed E-state index contributed by atoms with van der Waals surface area (Å²) in [5.74, 6) is -1.22. The van der Waals surface area contributed by atoms with Gasteiger partial charge in [-0.1, -0.05) is 30.3 Å². The second kappa shape index (κ2) is 6.72. The highest BCUT2D eigenvalue weighted by molar-refractivity contribution is 7.85. The molecule has 0 aliphatic carbocycles. The molecule has 5 heteroatoms. The third-order valence-corrected chi connectivity index (χ3v) is 4.47. The maximum atomic E-state index is 13.6. The van der Waals surface area contributed by atoms with Crippen molar-refractivity contribution in [1.29, 1.82) is 0 Å². The molecule has 0 spiro atoms. The van der Waals surface area contributed by atoms with E-state index in [-0.39, 0.29) is 16.7 Å². The third-order valence-electron chi connectivity index (χ3n) is 3.01. The van der Waals surface area contributed by atoms with Gasteiger partial charge in [0.2, 0.25) is 0 Å². The van der Waals surface area contributed by atoms with E-state index in [0.717, 1.165) is 17.7 Å². The fourth-order valence-corrected chi connectivity index (χ4v) is 3.27. The largest absolute Gasteiger partial charge is 0.312 e. The van der Waals surface area contributed by atoms with E-state index in [1.807, 2.05) is 30.3 Å². The first-order valence-electron chi connectivity index (χ1n) is 6.17. The lowest BCUT2D eigenvalue weighted by molar-refractivity contribution is 0.560. The van der Waals surface area contributed by atoms with Crippen molar-refractivity contribution >= 4 is 10.8 Å². The molecule has 0 saturated carbocycles. The summed E-state index contributed by atoms with van der Waals surface area (Å²) in [7, 11) is 0.222. The summed E-state index contributed by atoms with van der Waals surface area (Å²) in [6, 6.07) is 12.5. The standard InChI is InChI=1S/C15H15F2NOS/c1-18-14(11-5-3-2-4-6-11)10-20(19)15-8-7-12(16)9-13(15)17/h2-9,14,18H,10H2,1H3. The summed E-state index contributed by atoms with van der Waals surface area (Å²) >= 11 is 0. The van der Waals surface area contributed by atoms with Crippen molar-refractivity contribution in [3.63, 3.8) is 0 Å². The first-order valence-corrected chi connectivity index (χ1v) is 7.49. The van der Waals surface area contributed by atoms with Gasteiger partial charge in [-0.25, -0.2) is 8.78 Å². The summed E-state index contributed by atoms with van der Waals surface area (Å²) in [5, 5.41) is 3.06. The smallest absolute Gasteiger partial charge is 0.142 e. The van der Waals surface area contributed by atoms with Crippen molar-refractivity contribution < 1.29 is 13.0 Å². The Morgan fingerprint density at radius 2 is 1.85 bits per heavy atom. The van der Waals surface area contributed by atoms with Crippen LogP contribution < -0.4 is 5.32 Å². The molecule has 0 fully saturated rings. The maximum absolute atomic E-state index is 13.6. The van der Waals surface area contributed by atoms with Gasteiger partial charge in [0, 0.05) is 17.9 Å². The van der Waals surface area contributed by atoms with E-state index in [4.69, 9.17) is 0 Å². The minimum atomic E-state index is -1.54. The SMILES string of the molecule is CNC(CS(=O)c1ccc(F)cc1F)c1ccccc1. The Morgan fingerprint density at radius 1 is 1.15 bits per heavy atom. The lowest BCUT2D eigenvalue weighted by Crippen LogP contribution is -2.23. The van der Waals surface area contributed by atoms with Gasteiger partial charge in [-0.3, -0.25) is 4.21 Å². The zero-order chi connectivity index (χ0) is 14.5. The highest BCUT2D eigenvalue weighted by atomic mass is 32.2. The van der Waals surface area contributed by atoms with Gasteiger partial charge in [0.25, 0.3) is 0 Å². The van der Waals surface area contributed by atoms with Crippen LogP contribution in [-0.2, 0) is 10.8 Å². The number of hydrogen-bond acceptors (Lipinski definition) is 2. The second-order valence-corrected chi connectivity index (χ2v) is 5.80. The first kappa shape index (κ1) is 14.8. The van der Waals surface area contributed by atoms with E-state index in [2.05, 4.69) is 5.32 Å². The molecule has 0 aromatic heterocycles. The average molecular weight is 295 g/mol. The lowest BCUT2D eigenvalue weighted by atomic mass is 10.1. The second-order valence-electron chi connectivity index (χ2n) is 4.34. The Balaban J connectivity index is 2.17. The normalized spacial score (nSPS) is 13.9. The topological polar surface area (TPSA) is 29.1 Å². The van der Waals surface area contributed by atoms with Crippen LogP contribution in [0.15, 0.2) is 53.4 Å². The van der Waals surface area contributed by atoms with Gasteiger partial charge in [-0.2, -0.15) is 0 Å². The maximum Gasteiger partial charge on any atom is 0.142 e. The number of rotatable bonds is 5. The van der Waals surface area contributed by atoms with E-state index in [0.29, 0.717) is 0 Å². The van der Waals surface area contributed by atoms with Crippen LogP contribution in [-0.4, -0.2) is 17.0 Å². The molecular weight excluding hydrogens is 280 g/mol. The van der Waals surface area contributed by atoms with Gasteiger partial charge in [0.15, 0.2) is 0 Å². The van der Waals surface area contributed by atoms with Crippen molar-refractivity contribution in [3.8, 4) is 0 Å². The van der Waals surface area contributed by atoms with Crippen LogP contribution >= 0.6 is 0 Å². The monoisotopic (exact) mass is 295 g/mol. The molecule has 1 N–H and O–H groups in total. The molecule has 0 bridgehead atoms. The van der Waals surface area contributed by atoms with Crippen LogP contribution in [0.4, 0.5) is 8.78 Å². The minimum Gasteiger partial charge on any atom is -0.312 e. The predicted octanol–water partition coefficient (Wildman–Crippen LogP) is 3.03. The van der Waals surface area contributed by atoms with Crippen LogP contribution in [0.5, 0.6) is 0 Å². The summed E-state index contributed by atoms with van der Waals surface area (Å²) in [6.07, 6.45) is 0. The zero-order valence-electron chi connectivity index (χ0n) is 11.0. The number of halogens is 2. The lowest BCUT2D eigenvalue weighted by Gasteiger charge is -2.16. The molecule has 2 nitrogen and oxygen atoms in total. The van der Waals surface area contributed by atoms with E-state index in [9.17, 15) is 13.0 Å². The Hall–Kier alpha value is -1.59. The first-order chi connectivity index (χ1) is 9.61. The fraction of sp³-hybridized carbons (Fsp3) is 0.200. The van der Waals surface area contributed by atoms with Crippen molar-refractivity contribution in [3.05, 3.63) is 65.7 Å². The van der Waals surface area contributed by atoms with Crippen molar-refractivity contribution in [2.45, 2.75) is 10.9 Å². The summed E-state index contributed by atoms with van der Waals surface area (Å²) in [5.41, 5.74) is 0.978. The molecule has 2 atom stereocenters. The van der Waals surface area contributed by atoms with Gasteiger partial charge in [0.05, 0.1) is 15.7 Å². The predicted molar refractivity (Wildman–Crippen MR) is 75.9 cm³/mol. The van der Waals surface area contributed by atoms with Crippen molar-refractivity contribution in [2.24, 2.45) is 0 Å². The number of hydrogen-bond donors (Lipinski definition) is 1. The number of benzene rings is 2. The Kier molecular flexibility index (Phi) is 4.98. The van der Waals surface area contributed by atoms with Crippen molar-refractivity contribution in [2.75, 3.05) is 12.8 Å². The average Bonchev–Trinajstić information content (AvgIpc) is 2.45. The van der Waals surface area contributed by atoms with Gasteiger partial charge in [0.1, 0.15) is 11.6 Å². The molecule has 0 heterocycles. The zero-order valence-corrected chi connectivity index (χ0v) is 11.8. The number of nitrogens with one attached hydrogen (secondary N) is 1. The van der Waals surface area contributed by atoms with Crippen LogP contribution in [0.25, 0.3) is 0 Å². The van der Waals surface area contributed by atoms with Gasteiger partial charge in [-0.05, 0) is 24.7 Å². The molecule has 0 aliphatic heterocycles. The molecule has 0 radical (unpaired) electrons. The highest BCUT2D eigenvalue weighted by Crippen LogP contribution is 2.19. The van der Waals surface area contributed by atoms with Crippen LogP contribution in [0.3, 0.4) is 0 Å².